The van der Waals surface area contributed by atoms with Crippen LogP contribution in [0.25, 0.3) is 10.9 Å². The van der Waals surface area contributed by atoms with E-state index in [1.165, 1.54) is 18.2 Å². The number of halogens is 3. The van der Waals surface area contributed by atoms with Crippen molar-refractivity contribution in [1.29, 1.82) is 0 Å². The van der Waals surface area contributed by atoms with Gasteiger partial charge < -0.3 is 20.1 Å². The van der Waals surface area contributed by atoms with E-state index in [4.69, 9.17) is 9.90 Å². The van der Waals surface area contributed by atoms with Crippen molar-refractivity contribution < 1.29 is 32.6 Å². The molecule has 2 aromatic rings. The molecule has 0 radical (unpaired) electrons. The smallest absolute Gasteiger partial charge is 0.483 e. The summed E-state index contributed by atoms with van der Waals surface area (Å²) in [6.07, 6.45) is -0.756. The van der Waals surface area contributed by atoms with Crippen LogP contribution in [0.4, 0.5) is 13.2 Å². The third kappa shape index (κ3) is 4.78. The van der Waals surface area contributed by atoms with Gasteiger partial charge in [0.1, 0.15) is 5.75 Å². The Morgan fingerprint density at radius 2 is 1.97 bits per heavy atom. The Hall–Kier alpha value is -2.82. The van der Waals surface area contributed by atoms with Crippen LogP contribution in [0.3, 0.4) is 0 Å². The van der Waals surface area contributed by atoms with E-state index in [0.29, 0.717) is 23.0 Å². The lowest BCUT2D eigenvalue weighted by Crippen LogP contribution is -2.48. The second-order valence-corrected chi connectivity index (χ2v) is 7.13. The van der Waals surface area contributed by atoms with Gasteiger partial charge in [0, 0.05) is 23.5 Å². The lowest BCUT2D eigenvalue weighted by atomic mass is 9.98. The van der Waals surface area contributed by atoms with E-state index in [0.717, 1.165) is 25.7 Å². The first kappa shape index (κ1) is 20.9. The van der Waals surface area contributed by atoms with Crippen LogP contribution in [0.1, 0.15) is 36.2 Å². The van der Waals surface area contributed by atoms with Crippen LogP contribution in [0.2, 0.25) is 0 Å². The molecule has 1 aromatic heterocycles. The average Bonchev–Trinajstić information content (AvgIpc) is 3.11. The number of H-pyrrole nitrogens is 1. The molecule has 158 valence electrons. The Morgan fingerprint density at radius 3 is 2.55 bits per heavy atom. The SMILES string of the molecule is CN1C2CCC1CC(NC(=O)c1n[nH]c3ccc(OC(F)(F)F)cc13)C2.O=CO. The third-order valence-corrected chi connectivity index (χ3v) is 5.42. The molecule has 29 heavy (non-hydrogen) atoms. The van der Waals surface area contributed by atoms with Crippen molar-refractivity contribution in [2.75, 3.05) is 7.05 Å². The fraction of sp³-hybridized carbons (Fsp3) is 0.500. The molecule has 1 aromatic carbocycles. The number of benzene rings is 1. The molecule has 2 aliphatic heterocycles. The number of aromatic nitrogens is 2. The molecule has 3 N–H and O–H groups in total. The molecule has 2 atom stereocenters. The zero-order chi connectivity index (χ0) is 21.2. The molecule has 2 fully saturated rings. The fourth-order valence-corrected chi connectivity index (χ4v) is 4.15. The van der Waals surface area contributed by atoms with E-state index in [-0.39, 0.29) is 29.9 Å². The summed E-state index contributed by atoms with van der Waals surface area (Å²) in [6, 6.07) is 4.78. The largest absolute Gasteiger partial charge is 0.573 e. The maximum atomic E-state index is 12.6. The van der Waals surface area contributed by atoms with Gasteiger partial charge in [-0.3, -0.25) is 14.7 Å². The van der Waals surface area contributed by atoms with Crippen molar-refractivity contribution >= 4 is 23.3 Å². The highest BCUT2D eigenvalue weighted by molar-refractivity contribution is 6.05. The molecule has 0 spiro atoms. The van der Waals surface area contributed by atoms with E-state index in [9.17, 15) is 18.0 Å². The zero-order valence-corrected chi connectivity index (χ0v) is 15.6. The van der Waals surface area contributed by atoms with E-state index in [2.05, 4.69) is 32.2 Å². The first-order valence-electron chi connectivity index (χ1n) is 9.06. The fourth-order valence-electron chi connectivity index (χ4n) is 4.15. The minimum absolute atomic E-state index is 0.0533. The van der Waals surface area contributed by atoms with Gasteiger partial charge in [0.15, 0.2) is 5.69 Å². The molecule has 3 heterocycles. The van der Waals surface area contributed by atoms with Gasteiger partial charge in [0.05, 0.1) is 5.52 Å². The number of ether oxygens (including phenoxy) is 1. The lowest BCUT2D eigenvalue weighted by molar-refractivity contribution is -0.274. The maximum Gasteiger partial charge on any atom is 0.573 e. The second-order valence-electron chi connectivity index (χ2n) is 7.13. The highest BCUT2D eigenvalue weighted by Gasteiger charge is 2.39. The Labute approximate surface area is 164 Å². The highest BCUT2D eigenvalue weighted by Crippen LogP contribution is 2.34. The van der Waals surface area contributed by atoms with Gasteiger partial charge in [-0.2, -0.15) is 5.10 Å². The van der Waals surface area contributed by atoms with Gasteiger partial charge in [0.25, 0.3) is 12.4 Å². The molecule has 1 amide bonds. The van der Waals surface area contributed by atoms with Crippen LogP contribution in [0, 0.1) is 0 Å². The number of nitrogens with zero attached hydrogens (tertiary/aromatic N) is 2. The first-order chi connectivity index (χ1) is 13.7. The predicted octanol–water partition coefficient (Wildman–Crippen LogP) is 2.52. The molecule has 8 nitrogen and oxygen atoms in total. The van der Waals surface area contributed by atoms with E-state index in [1.54, 1.807) is 0 Å². The van der Waals surface area contributed by atoms with Crippen molar-refractivity contribution in [3.05, 3.63) is 23.9 Å². The van der Waals surface area contributed by atoms with Crippen LogP contribution in [-0.4, -0.2) is 64.1 Å². The number of hydrogen-bond donors (Lipinski definition) is 3. The van der Waals surface area contributed by atoms with E-state index < -0.39 is 6.36 Å². The normalized spacial score (nSPS) is 23.9. The number of alkyl halides is 3. The summed E-state index contributed by atoms with van der Waals surface area (Å²) in [5, 5.41) is 16.8. The summed E-state index contributed by atoms with van der Waals surface area (Å²) in [7, 11) is 2.11. The number of carbonyl (C=O) groups excluding carboxylic acids is 1. The third-order valence-electron chi connectivity index (χ3n) is 5.42. The number of aromatic amines is 1. The summed E-state index contributed by atoms with van der Waals surface area (Å²) in [4.78, 5) is 23.4. The number of carboxylic acid groups (broad SMARTS) is 1. The molecule has 2 bridgehead atoms. The maximum absolute atomic E-state index is 12.6. The molecule has 2 saturated heterocycles. The van der Waals surface area contributed by atoms with Gasteiger partial charge >= 0.3 is 6.36 Å². The van der Waals surface area contributed by atoms with E-state index >= 15 is 0 Å². The Balaban J connectivity index is 0.000000755. The zero-order valence-electron chi connectivity index (χ0n) is 15.6. The number of fused-ring (bicyclic) bond motifs is 3. The number of piperidine rings is 1. The number of amides is 1. The topological polar surface area (TPSA) is 108 Å². The number of carbonyl (C=O) groups is 2. The monoisotopic (exact) mass is 414 g/mol. The minimum Gasteiger partial charge on any atom is -0.483 e. The summed E-state index contributed by atoms with van der Waals surface area (Å²) in [6.45, 7) is -0.250. The second kappa shape index (κ2) is 8.27. The summed E-state index contributed by atoms with van der Waals surface area (Å²) in [5.41, 5.74) is 0.562. The quantitative estimate of drug-likeness (QED) is 0.667. The molecule has 0 aliphatic carbocycles. The Kier molecular flexibility index (Phi) is 5.96. The van der Waals surface area contributed by atoms with Crippen molar-refractivity contribution in [3.63, 3.8) is 0 Å². The van der Waals surface area contributed by atoms with Crippen molar-refractivity contribution in [3.8, 4) is 5.75 Å². The summed E-state index contributed by atoms with van der Waals surface area (Å²) in [5.74, 6) is -0.757. The van der Waals surface area contributed by atoms with Gasteiger partial charge in [-0.1, -0.05) is 0 Å². The predicted molar refractivity (Wildman–Crippen MR) is 96.5 cm³/mol. The molecule has 11 heteroatoms. The molecule has 2 unspecified atom stereocenters. The lowest BCUT2D eigenvalue weighted by Gasteiger charge is -2.36. The van der Waals surface area contributed by atoms with Crippen LogP contribution < -0.4 is 10.1 Å². The van der Waals surface area contributed by atoms with Crippen LogP contribution in [-0.2, 0) is 4.79 Å². The van der Waals surface area contributed by atoms with E-state index in [1.807, 2.05) is 0 Å². The van der Waals surface area contributed by atoms with Gasteiger partial charge in [-0.25, -0.2) is 0 Å². The molecule has 0 saturated carbocycles. The van der Waals surface area contributed by atoms with Crippen molar-refractivity contribution in [2.45, 2.75) is 50.2 Å². The average molecular weight is 414 g/mol. The summed E-state index contributed by atoms with van der Waals surface area (Å²) >= 11 is 0. The number of hydrogen-bond acceptors (Lipinski definition) is 5. The molecule has 2 aliphatic rings. The van der Waals surface area contributed by atoms with Crippen LogP contribution in [0.5, 0.6) is 5.75 Å². The van der Waals surface area contributed by atoms with Gasteiger partial charge in [-0.05, 0) is 50.9 Å². The van der Waals surface area contributed by atoms with Gasteiger partial charge in [0.2, 0.25) is 0 Å². The molecule has 4 rings (SSSR count). The van der Waals surface area contributed by atoms with Crippen LogP contribution >= 0.6 is 0 Å². The standard InChI is InChI=1S/C17H19F3N4O2.CH2O2/c1-24-10-2-3-11(24)7-9(6-10)21-16(25)15-13-8-12(26-17(18,19)20)4-5-14(13)22-23-15;2-1-3/h4-5,8-11H,2-3,6-7H2,1H3,(H,21,25)(H,22,23);1H,(H,2,3). The first-order valence-corrected chi connectivity index (χ1v) is 9.06. The number of nitrogens with one attached hydrogen (secondary N) is 2. The molecular formula is C18H21F3N4O4. The molecular weight excluding hydrogens is 393 g/mol. The Morgan fingerprint density at radius 1 is 1.34 bits per heavy atom. The highest BCUT2D eigenvalue weighted by atomic mass is 19.4. The van der Waals surface area contributed by atoms with Gasteiger partial charge in [-0.15, -0.1) is 13.2 Å². The van der Waals surface area contributed by atoms with Crippen molar-refractivity contribution in [1.82, 2.24) is 20.4 Å². The van der Waals surface area contributed by atoms with Crippen molar-refractivity contribution in [2.24, 2.45) is 0 Å². The summed E-state index contributed by atoms with van der Waals surface area (Å²) < 4.78 is 41.2. The minimum atomic E-state index is -4.78. The Bertz CT molecular complexity index is 872. The number of rotatable bonds is 3. The van der Waals surface area contributed by atoms with Crippen LogP contribution in [0.15, 0.2) is 18.2 Å².